The van der Waals surface area contributed by atoms with E-state index in [2.05, 4.69) is 205 Å². The first kappa shape index (κ1) is 61.7. The number of imidazole rings is 3. The fourth-order valence-corrected chi connectivity index (χ4v) is 9.72. The van der Waals surface area contributed by atoms with Crippen molar-refractivity contribution in [3.8, 4) is 75.5 Å². The molecule has 9 aromatic rings. The van der Waals surface area contributed by atoms with Gasteiger partial charge in [-0.25, -0.2) is 0 Å². The number of nitriles is 4. The summed E-state index contributed by atoms with van der Waals surface area (Å²) in [5.74, 6) is 4.12. The van der Waals surface area contributed by atoms with Crippen LogP contribution in [-0.4, -0.2) is 28.7 Å². The molecule has 12 nitrogen and oxygen atoms in total. The van der Waals surface area contributed by atoms with E-state index >= 15 is 0 Å². The molecular formula is C69H63IrN12. The Morgan fingerprint density at radius 2 is 0.732 bits per heavy atom. The van der Waals surface area contributed by atoms with Crippen molar-refractivity contribution in [3.63, 3.8) is 0 Å². The molecule has 3 aromatic heterocycles. The number of benzene rings is 6. The molecule has 6 aromatic carbocycles. The normalized spacial score (nSPS) is 10.7. The zero-order valence-corrected chi connectivity index (χ0v) is 50.7. The predicted molar refractivity (Wildman–Crippen MR) is 319 cm³/mol. The summed E-state index contributed by atoms with van der Waals surface area (Å²) in [5.41, 5.74) is 14.8. The second-order valence-electron chi connectivity index (χ2n) is 21.3. The minimum absolute atomic E-state index is 0. The first-order valence-electron chi connectivity index (χ1n) is 27.0. The minimum atomic E-state index is 0. The minimum Gasteiger partial charge on any atom is -0.360 e. The monoisotopic (exact) mass is 1250 g/mol. The Kier molecular flexibility index (Phi) is 20.8. The molecule has 408 valence electrons. The maximum Gasteiger partial charge on any atom is 3.00 e. The van der Waals surface area contributed by atoms with Gasteiger partial charge in [-0.05, 0) is 80.0 Å². The van der Waals surface area contributed by atoms with Crippen molar-refractivity contribution in [3.05, 3.63) is 225 Å². The molecule has 0 saturated heterocycles. The number of aromatic nitrogens is 6. The molecule has 0 amide bonds. The summed E-state index contributed by atoms with van der Waals surface area (Å²) in [4.78, 5) is 20.6. The average Bonchev–Trinajstić information content (AvgIpc) is 4.37. The van der Waals surface area contributed by atoms with Crippen LogP contribution in [0.15, 0.2) is 128 Å². The summed E-state index contributed by atoms with van der Waals surface area (Å²) in [6.07, 6.45) is 5.33. The van der Waals surface area contributed by atoms with Crippen molar-refractivity contribution in [2.75, 3.05) is 0 Å². The number of nitrogens with zero attached hydrogens (tertiary/aromatic N) is 12. The number of para-hydroxylation sites is 3. The third-order valence-corrected chi connectivity index (χ3v) is 13.7. The van der Waals surface area contributed by atoms with Crippen LogP contribution >= 0.6 is 0 Å². The van der Waals surface area contributed by atoms with Crippen molar-refractivity contribution in [2.24, 2.45) is 0 Å². The van der Waals surface area contributed by atoms with E-state index in [-0.39, 0.29) is 20.1 Å². The first-order valence-corrected chi connectivity index (χ1v) is 27.0. The molecule has 0 atom stereocenters. The van der Waals surface area contributed by atoms with Gasteiger partial charge in [0.15, 0.2) is 5.82 Å². The largest absolute Gasteiger partial charge is 3.00 e. The maximum atomic E-state index is 9.44. The first-order chi connectivity index (χ1) is 38.9. The summed E-state index contributed by atoms with van der Waals surface area (Å²) in [6, 6.07) is 52.7. The summed E-state index contributed by atoms with van der Waals surface area (Å²) in [5, 5.41) is 37.4. The Morgan fingerprint density at radius 3 is 1.04 bits per heavy atom. The van der Waals surface area contributed by atoms with Gasteiger partial charge in [-0.1, -0.05) is 150 Å². The fraction of sp³-hybridized carbons (Fsp3) is 0.261. The summed E-state index contributed by atoms with van der Waals surface area (Å²) < 4.78 is 5.96. The molecule has 0 aliphatic heterocycles. The van der Waals surface area contributed by atoms with Crippen LogP contribution in [-0.2, 0) is 20.1 Å². The Bertz CT molecular complexity index is 3520. The van der Waals surface area contributed by atoms with Gasteiger partial charge in [-0.15, -0.1) is 77.9 Å². The summed E-state index contributed by atoms with van der Waals surface area (Å²) in [7, 11) is 0. The van der Waals surface area contributed by atoms with Crippen molar-refractivity contribution in [1.82, 2.24) is 28.7 Å². The number of hydrogen-bond donors (Lipinski definition) is 0. The van der Waals surface area contributed by atoms with E-state index in [1.165, 1.54) is 33.4 Å². The van der Waals surface area contributed by atoms with Gasteiger partial charge in [0.2, 0.25) is 0 Å². The molecule has 0 N–H and O–H groups in total. The van der Waals surface area contributed by atoms with E-state index < -0.39 is 0 Å². The molecule has 0 saturated carbocycles. The molecule has 0 unspecified atom stereocenters. The predicted octanol–water partition coefficient (Wildman–Crippen LogP) is 17.3. The quantitative estimate of drug-likeness (QED) is 0.110. The van der Waals surface area contributed by atoms with E-state index in [9.17, 15) is 21.0 Å². The van der Waals surface area contributed by atoms with Crippen molar-refractivity contribution >= 4 is 11.5 Å². The third-order valence-electron chi connectivity index (χ3n) is 13.7. The van der Waals surface area contributed by atoms with Crippen LogP contribution < -0.4 is 0 Å². The van der Waals surface area contributed by atoms with Gasteiger partial charge in [0.05, 0.1) is 30.4 Å². The summed E-state index contributed by atoms with van der Waals surface area (Å²) >= 11 is 0. The van der Waals surface area contributed by atoms with Gasteiger partial charge >= 0.3 is 20.1 Å². The molecule has 13 heteroatoms. The smallest absolute Gasteiger partial charge is 0.360 e. The van der Waals surface area contributed by atoms with Gasteiger partial charge in [-0.2, -0.15) is 32.1 Å². The average molecular weight is 1250 g/mol. The molecule has 0 spiro atoms. The molecule has 0 radical (unpaired) electrons. The van der Waals surface area contributed by atoms with E-state index in [4.69, 9.17) is 13.1 Å². The second kappa shape index (κ2) is 27.6. The topological polar surface area (TPSA) is 157 Å². The Balaban J connectivity index is 0.000000197. The van der Waals surface area contributed by atoms with E-state index in [1.54, 1.807) is 73.2 Å². The Labute approximate surface area is 497 Å². The van der Waals surface area contributed by atoms with Crippen LogP contribution in [0.4, 0.5) is 11.5 Å². The second-order valence-corrected chi connectivity index (χ2v) is 21.3. The standard InChI is InChI=1S/3C23H21N4.Ir/c1-15(2)20-10-7-11-21(16(3)4)22(20)27-14-19(13-24)26-23(27)17-8-6-9-18(12-17)25-5;1-15(2)19-10-7-11-20(16(3)4)22(19)27-14-21(25-5)26-23(27)18-9-6-8-17(12-18)13-24;1-15(2)20-9-6-10-21(16(3)4)22(20)27-14-19(13-25)26-23(27)18-8-5-7-17(11-18)12-24;/h6-7,9-12,14-16H,1-4H3;6-8,10-12,14-16H,1-4H3;5-7,9-11,14-16H,1-4H3;/q3*-1;+3. The van der Waals surface area contributed by atoms with Gasteiger partial charge in [0, 0.05) is 35.7 Å². The van der Waals surface area contributed by atoms with Crippen LogP contribution in [0, 0.1) is 76.7 Å². The Morgan fingerprint density at radius 1 is 0.415 bits per heavy atom. The van der Waals surface area contributed by atoms with Crippen LogP contribution in [0.25, 0.3) is 60.9 Å². The third kappa shape index (κ3) is 13.6. The number of rotatable bonds is 12. The van der Waals surface area contributed by atoms with E-state index in [0.29, 0.717) is 104 Å². The zero-order valence-electron chi connectivity index (χ0n) is 48.3. The molecule has 0 aliphatic rings. The number of hydrogen-bond acceptors (Lipinski definition) is 7. The molecule has 82 heavy (non-hydrogen) atoms. The van der Waals surface area contributed by atoms with Crippen LogP contribution in [0.2, 0.25) is 0 Å². The molecule has 0 bridgehead atoms. The van der Waals surface area contributed by atoms with E-state index in [0.717, 1.165) is 17.1 Å². The van der Waals surface area contributed by atoms with Crippen molar-refractivity contribution in [2.45, 2.75) is 119 Å². The van der Waals surface area contributed by atoms with Crippen molar-refractivity contribution < 1.29 is 20.1 Å². The molecule has 3 heterocycles. The SMILES string of the molecule is CC(C)c1cccc(C(C)C)c1-n1cc(C#N)nc1-c1[c-]ccc(C#N)c1.[C-]#[N+]c1cc[c-]c(-c2nc(C#N)cn2-c2c(C(C)C)cccc2C(C)C)c1.[C-]#[N+]c1cn(-c2c(C(C)C)cccc2C(C)C)c(-c2[c-]ccc(C#N)c2)n1.[Ir+3]. The zero-order chi connectivity index (χ0) is 58.7. The van der Waals surface area contributed by atoms with Gasteiger partial charge in [-0.3, -0.25) is 14.8 Å². The van der Waals surface area contributed by atoms with Crippen LogP contribution in [0.3, 0.4) is 0 Å². The van der Waals surface area contributed by atoms with Gasteiger partial charge < -0.3 is 18.5 Å². The molecular weight excluding hydrogens is 1190 g/mol. The van der Waals surface area contributed by atoms with Gasteiger partial charge in [0.25, 0.3) is 5.82 Å². The molecule has 0 aliphatic carbocycles. The molecule has 0 fully saturated rings. The fourth-order valence-electron chi connectivity index (χ4n) is 9.72. The summed E-state index contributed by atoms with van der Waals surface area (Å²) in [6.45, 7) is 40.6. The maximum absolute atomic E-state index is 9.44. The van der Waals surface area contributed by atoms with Crippen molar-refractivity contribution in [1.29, 1.82) is 21.0 Å². The van der Waals surface area contributed by atoms with Gasteiger partial charge in [0.1, 0.15) is 29.2 Å². The van der Waals surface area contributed by atoms with Crippen LogP contribution in [0.5, 0.6) is 0 Å². The van der Waals surface area contributed by atoms with Crippen LogP contribution in [0.1, 0.15) is 174 Å². The van der Waals surface area contributed by atoms with E-state index in [1.807, 2.05) is 13.7 Å². The molecule has 9 rings (SSSR count). The Hall–Kier alpha value is -9.46.